The molecule has 0 spiro atoms. The highest BCUT2D eigenvalue weighted by molar-refractivity contribution is 7.14. The van der Waals surface area contributed by atoms with Crippen molar-refractivity contribution in [1.29, 1.82) is 5.26 Å². The van der Waals surface area contributed by atoms with Gasteiger partial charge >= 0.3 is 5.97 Å². The molecule has 3 rings (SSSR count). The number of nitrogens with zero attached hydrogens (tertiary/aromatic N) is 1. The number of anilines is 1. The molecule has 0 unspecified atom stereocenters. The number of benzene rings is 1. The van der Waals surface area contributed by atoms with Gasteiger partial charge in [-0.2, -0.15) is 5.26 Å². The average molecular weight is 325 g/mol. The number of fused-ring (bicyclic) bond motifs is 1. The van der Waals surface area contributed by atoms with E-state index >= 15 is 0 Å². The molecule has 0 aliphatic rings. The Morgan fingerprint density at radius 1 is 1.30 bits per heavy atom. The van der Waals surface area contributed by atoms with Crippen LogP contribution in [-0.2, 0) is 9.53 Å². The number of hydrogen-bond donors (Lipinski definition) is 2. The van der Waals surface area contributed by atoms with Gasteiger partial charge in [0.05, 0.1) is 11.1 Å². The monoisotopic (exact) mass is 325 g/mol. The number of carbonyl (C=O) groups is 2. The van der Waals surface area contributed by atoms with Crippen LogP contribution in [0.4, 0.5) is 5.00 Å². The fraction of sp³-hybridized carbons (Fsp3) is 0.0625. The third-order valence-electron chi connectivity index (χ3n) is 3.18. The lowest BCUT2D eigenvalue weighted by molar-refractivity contribution is -0.119. The first-order valence-corrected chi connectivity index (χ1v) is 7.57. The molecule has 2 heterocycles. The topological polar surface area (TPSA) is 95.0 Å². The zero-order valence-corrected chi connectivity index (χ0v) is 12.6. The molecular weight excluding hydrogens is 314 g/mol. The summed E-state index contributed by atoms with van der Waals surface area (Å²) >= 11 is 1.24. The Bertz CT molecular complexity index is 920. The van der Waals surface area contributed by atoms with Crippen LogP contribution in [-0.4, -0.2) is 23.5 Å². The van der Waals surface area contributed by atoms with Crippen molar-refractivity contribution in [1.82, 2.24) is 4.98 Å². The van der Waals surface area contributed by atoms with E-state index < -0.39 is 18.5 Å². The van der Waals surface area contributed by atoms with Crippen LogP contribution >= 0.6 is 11.3 Å². The maximum atomic E-state index is 12.1. The predicted molar refractivity (Wildman–Crippen MR) is 86.2 cm³/mol. The molecule has 0 saturated heterocycles. The van der Waals surface area contributed by atoms with Crippen LogP contribution in [0.3, 0.4) is 0 Å². The number of H-pyrrole nitrogens is 1. The second-order valence-corrected chi connectivity index (χ2v) is 5.56. The van der Waals surface area contributed by atoms with Crippen molar-refractivity contribution < 1.29 is 14.3 Å². The fourth-order valence-electron chi connectivity index (χ4n) is 2.11. The highest BCUT2D eigenvalue weighted by Gasteiger charge is 2.15. The molecule has 6 nitrogen and oxygen atoms in total. The standard InChI is InChI=1S/C16H11N3O3S/c17-7-10-5-6-23-15(10)19-14(20)9-22-16(21)12-8-18-13-4-2-1-3-11(12)13/h1-6,8,18H,9H2,(H,19,20). The van der Waals surface area contributed by atoms with E-state index in [0.717, 1.165) is 10.9 Å². The maximum absolute atomic E-state index is 12.1. The number of aromatic amines is 1. The Kier molecular flexibility index (Phi) is 4.08. The van der Waals surface area contributed by atoms with Gasteiger partial charge in [0, 0.05) is 17.1 Å². The quantitative estimate of drug-likeness (QED) is 0.721. The summed E-state index contributed by atoms with van der Waals surface area (Å²) in [6, 6.07) is 10.9. The summed E-state index contributed by atoms with van der Waals surface area (Å²) in [6.07, 6.45) is 1.55. The number of amides is 1. The molecule has 1 aromatic carbocycles. The van der Waals surface area contributed by atoms with Crippen molar-refractivity contribution in [3.05, 3.63) is 53.0 Å². The van der Waals surface area contributed by atoms with Crippen molar-refractivity contribution in [3.8, 4) is 6.07 Å². The summed E-state index contributed by atoms with van der Waals surface area (Å²) in [5.74, 6) is -1.07. The number of hydrogen-bond acceptors (Lipinski definition) is 5. The van der Waals surface area contributed by atoms with Crippen molar-refractivity contribution in [2.75, 3.05) is 11.9 Å². The molecule has 3 aromatic rings. The number of ether oxygens (including phenoxy) is 1. The number of nitrogens with one attached hydrogen (secondary N) is 2. The van der Waals surface area contributed by atoms with Crippen LogP contribution in [0.25, 0.3) is 10.9 Å². The number of para-hydroxylation sites is 1. The van der Waals surface area contributed by atoms with Crippen LogP contribution in [0.5, 0.6) is 0 Å². The Morgan fingerprint density at radius 2 is 2.13 bits per heavy atom. The van der Waals surface area contributed by atoms with Gasteiger partial charge in [-0.05, 0) is 17.5 Å². The van der Waals surface area contributed by atoms with Gasteiger partial charge in [-0.25, -0.2) is 4.79 Å². The van der Waals surface area contributed by atoms with Crippen LogP contribution < -0.4 is 5.32 Å². The first-order valence-electron chi connectivity index (χ1n) is 6.69. The minimum absolute atomic E-state index is 0.377. The second-order valence-electron chi connectivity index (χ2n) is 4.65. The molecule has 0 aliphatic heterocycles. The Balaban J connectivity index is 1.63. The van der Waals surface area contributed by atoms with Crippen LogP contribution in [0.2, 0.25) is 0 Å². The molecule has 23 heavy (non-hydrogen) atoms. The van der Waals surface area contributed by atoms with E-state index in [2.05, 4.69) is 10.3 Å². The summed E-state index contributed by atoms with van der Waals surface area (Å²) in [5, 5.41) is 14.3. The predicted octanol–water partition coefficient (Wildman–Crippen LogP) is 2.90. The summed E-state index contributed by atoms with van der Waals surface area (Å²) < 4.78 is 5.03. The van der Waals surface area contributed by atoms with E-state index in [-0.39, 0.29) is 0 Å². The van der Waals surface area contributed by atoms with Gasteiger partial charge in [-0.15, -0.1) is 11.3 Å². The first kappa shape index (κ1) is 14.8. The molecule has 114 valence electrons. The second kappa shape index (κ2) is 6.34. The van der Waals surface area contributed by atoms with E-state index in [9.17, 15) is 9.59 Å². The highest BCUT2D eigenvalue weighted by Crippen LogP contribution is 2.22. The Labute approximate surface area is 135 Å². The third-order valence-corrected chi connectivity index (χ3v) is 4.01. The van der Waals surface area contributed by atoms with Gasteiger partial charge in [0.15, 0.2) is 6.61 Å². The molecule has 1 amide bonds. The minimum Gasteiger partial charge on any atom is -0.452 e. The number of nitriles is 1. The molecular formula is C16H11N3O3S. The van der Waals surface area contributed by atoms with Crippen LogP contribution in [0, 0.1) is 11.3 Å². The number of rotatable bonds is 4. The van der Waals surface area contributed by atoms with Gasteiger partial charge < -0.3 is 15.0 Å². The molecule has 0 bridgehead atoms. The lowest BCUT2D eigenvalue weighted by Crippen LogP contribution is -2.20. The molecule has 0 aliphatic carbocycles. The van der Waals surface area contributed by atoms with Crippen molar-refractivity contribution in [3.63, 3.8) is 0 Å². The van der Waals surface area contributed by atoms with E-state index in [1.807, 2.05) is 24.3 Å². The Morgan fingerprint density at radius 3 is 2.96 bits per heavy atom. The zero-order chi connectivity index (χ0) is 16.2. The number of esters is 1. The van der Waals surface area contributed by atoms with E-state index in [1.54, 1.807) is 23.7 Å². The first-order chi connectivity index (χ1) is 11.2. The smallest absolute Gasteiger partial charge is 0.340 e. The largest absolute Gasteiger partial charge is 0.452 e. The van der Waals surface area contributed by atoms with Crippen LogP contribution in [0.1, 0.15) is 15.9 Å². The Hall–Kier alpha value is -3.11. The maximum Gasteiger partial charge on any atom is 0.340 e. The third kappa shape index (κ3) is 3.07. The van der Waals surface area contributed by atoms with E-state index in [1.165, 1.54) is 11.3 Å². The average Bonchev–Trinajstić information content (AvgIpc) is 3.18. The molecule has 7 heteroatoms. The fourth-order valence-corrected chi connectivity index (χ4v) is 2.86. The molecule has 0 atom stereocenters. The summed E-state index contributed by atoms with van der Waals surface area (Å²) in [5.41, 5.74) is 1.58. The van der Waals surface area contributed by atoms with Gasteiger partial charge in [0.25, 0.3) is 5.91 Å². The van der Waals surface area contributed by atoms with Crippen molar-refractivity contribution in [2.45, 2.75) is 0 Å². The molecule has 2 aromatic heterocycles. The summed E-state index contributed by atoms with van der Waals surface area (Å²) in [7, 11) is 0. The van der Waals surface area contributed by atoms with E-state index in [0.29, 0.717) is 16.1 Å². The molecule has 0 fully saturated rings. The highest BCUT2D eigenvalue weighted by atomic mass is 32.1. The van der Waals surface area contributed by atoms with Gasteiger partial charge in [-0.1, -0.05) is 18.2 Å². The van der Waals surface area contributed by atoms with Crippen molar-refractivity contribution in [2.24, 2.45) is 0 Å². The van der Waals surface area contributed by atoms with Crippen LogP contribution in [0.15, 0.2) is 41.9 Å². The summed E-state index contributed by atoms with van der Waals surface area (Å²) in [6.45, 7) is -0.416. The zero-order valence-electron chi connectivity index (χ0n) is 11.8. The normalized spacial score (nSPS) is 10.2. The van der Waals surface area contributed by atoms with Gasteiger partial charge in [-0.3, -0.25) is 4.79 Å². The van der Waals surface area contributed by atoms with Crippen molar-refractivity contribution >= 4 is 39.1 Å². The summed E-state index contributed by atoms with van der Waals surface area (Å²) in [4.78, 5) is 26.9. The number of carbonyl (C=O) groups excluding carboxylic acids is 2. The SMILES string of the molecule is N#Cc1ccsc1NC(=O)COC(=O)c1c[nH]c2ccccc12. The van der Waals surface area contributed by atoms with Gasteiger partial charge in [0.2, 0.25) is 0 Å². The van der Waals surface area contributed by atoms with E-state index in [4.69, 9.17) is 10.00 Å². The lowest BCUT2D eigenvalue weighted by atomic mass is 10.2. The minimum atomic E-state index is -0.579. The lowest BCUT2D eigenvalue weighted by Gasteiger charge is -2.05. The number of thiophene rings is 1. The van der Waals surface area contributed by atoms with Gasteiger partial charge in [0.1, 0.15) is 11.1 Å². The molecule has 0 radical (unpaired) electrons. The number of aromatic nitrogens is 1. The molecule has 2 N–H and O–H groups in total. The molecule has 0 saturated carbocycles.